The van der Waals surface area contributed by atoms with Crippen LogP contribution in [0.5, 0.6) is 5.75 Å². The van der Waals surface area contributed by atoms with Crippen molar-refractivity contribution in [3.8, 4) is 5.75 Å². The van der Waals surface area contributed by atoms with E-state index in [2.05, 4.69) is 4.98 Å². The predicted octanol–water partition coefficient (Wildman–Crippen LogP) is 2.01. The van der Waals surface area contributed by atoms with E-state index in [4.69, 9.17) is 4.74 Å². The Kier molecular flexibility index (Phi) is 5.84. The van der Waals surface area contributed by atoms with Gasteiger partial charge in [-0.2, -0.15) is 0 Å². The summed E-state index contributed by atoms with van der Waals surface area (Å²) in [5.41, 5.74) is 1.41. The van der Waals surface area contributed by atoms with Crippen molar-refractivity contribution in [1.82, 2.24) is 14.8 Å². The Morgan fingerprint density at radius 2 is 1.73 bits per heavy atom. The molecule has 1 aromatic carbocycles. The Labute approximate surface area is 153 Å². The monoisotopic (exact) mass is 353 g/mol. The molecule has 0 bridgehead atoms. The quantitative estimate of drug-likeness (QED) is 0.843. The molecule has 0 atom stereocenters. The van der Waals surface area contributed by atoms with E-state index in [9.17, 15) is 9.59 Å². The van der Waals surface area contributed by atoms with Crippen molar-refractivity contribution in [2.45, 2.75) is 12.8 Å². The summed E-state index contributed by atoms with van der Waals surface area (Å²) in [6.45, 7) is 2.39. The minimum absolute atomic E-state index is 0.0740. The molecule has 3 rings (SSSR count). The van der Waals surface area contributed by atoms with Gasteiger partial charge in [0.25, 0.3) is 5.91 Å². The lowest BCUT2D eigenvalue weighted by atomic mass is 10.1. The molecule has 2 heterocycles. The molecule has 26 heavy (non-hydrogen) atoms. The van der Waals surface area contributed by atoms with Crippen LogP contribution >= 0.6 is 0 Å². The largest absolute Gasteiger partial charge is 0.497 e. The standard InChI is InChI=1S/C20H23N3O3/c1-26-17-8-6-16(7-9-17)15-19(24)22-11-4-12-23(14-13-22)20(25)18-5-2-3-10-21-18/h2-3,5-10H,4,11-15H2,1H3. The number of pyridine rings is 1. The highest BCUT2D eigenvalue weighted by Gasteiger charge is 2.23. The Morgan fingerprint density at radius 1 is 1.00 bits per heavy atom. The third-order valence-corrected chi connectivity index (χ3v) is 4.53. The number of benzene rings is 1. The number of ether oxygens (including phenoxy) is 1. The molecule has 0 N–H and O–H groups in total. The number of amides is 2. The minimum atomic E-state index is -0.0740. The van der Waals surface area contributed by atoms with Crippen LogP contribution in [-0.2, 0) is 11.2 Å². The molecule has 0 aliphatic carbocycles. The summed E-state index contributed by atoms with van der Waals surface area (Å²) in [4.78, 5) is 32.9. The molecule has 0 radical (unpaired) electrons. The smallest absolute Gasteiger partial charge is 0.272 e. The van der Waals surface area contributed by atoms with E-state index in [1.165, 1.54) is 0 Å². The second-order valence-electron chi connectivity index (χ2n) is 6.27. The highest BCUT2D eigenvalue weighted by molar-refractivity contribution is 5.92. The summed E-state index contributed by atoms with van der Waals surface area (Å²) in [5, 5.41) is 0. The van der Waals surface area contributed by atoms with Crippen molar-refractivity contribution in [3.05, 3.63) is 59.9 Å². The lowest BCUT2D eigenvalue weighted by Crippen LogP contribution is -2.38. The summed E-state index contributed by atoms with van der Waals surface area (Å²) < 4.78 is 5.14. The zero-order valence-electron chi connectivity index (χ0n) is 14.9. The highest BCUT2D eigenvalue weighted by Crippen LogP contribution is 2.14. The summed E-state index contributed by atoms with van der Waals surface area (Å²) in [7, 11) is 1.62. The Morgan fingerprint density at radius 3 is 2.42 bits per heavy atom. The van der Waals surface area contributed by atoms with Crippen LogP contribution in [0.1, 0.15) is 22.5 Å². The van der Waals surface area contributed by atoms with Gasteiger partial charge in [0.2, 0.25) is 5.91 Å². The molecule has 6 heteroatoms. The summed E-state index contributed by atoms with van der Waals surface area (Å²) in [5.74, 6) is 0.789. The molecule has 1 saturated heterocycles. The van der Waals surface area contributed by atoms with Gasteiger partial charge in [-0.15, -0.1) is 0 Å². The average Bonchev–Trinajstić information content (AvgIpc) is 2.95. The van der Waals surface area contributed by atoms with Gasteiger partial charge in [-0.3, -0.25) is 14.6 Å². The van der Waals surface area contributed by atoms with Crippen LogP contribution in [-0.4, -0.2) is 59.9 Å². The minimum Gasteiger partial charge on any atom is -0.497 e. The molecule has 2 aromatic rings. The Hall–Kier alpha value is -2.89. The molecule has 136 valence electrons. The number of carbonyl (C=O) groups excluding carboxylic acids is 2. The SMILES string of the molecule is COc1ccc(CC(=O)N2CCCN(C(=O)c3ccccn3)CC2)cc1. The van der Waals surface area contributed by atoms with E-state index in [0.29, 0.717) is 38.3 Å². The van der Waals surface area contributed by atoms with Crippen LogP contribution < -0.4 is 4.74 Å². The fourth-order valence-corrected chi connectivity index (χ4v) is 3.05. The summed E-state index contributed by atoms with van der Waals surface area (Å²) in [6.07, 6.45) is 2.75. The fourth-order valence-electron chi connectivity index (χ4n) is 3.05. The molecule has 0 spiro atoms. The second-order valence-corrected chi connectivity index (χ2v) is 6.27. The van der Waals surface area contributed by atoms with Crippen molar-refractivity contribution in [1.29, 1.82) is 0 Å². The van der Waals surface area contributed by atoms with E-state index >= 15 is 0 Å². The van der Waals surface area contributed by atoms with Gasteiger partial charge < -0.3 is 14.5 Å². The topological polar surface area (TPSA) is 62.7 Å². The molecule has 2 amide bonds. The maximum atomic E-state index is 12.6. The van der Waals surface area contributed by atoms with Gasteiger partial charge in [0.05, 0.1) is 13.5 Å². The average molecular weight is 353 g/mol. The van der Waals surface area contributed by atoms with Crippen molar-refractivity contribution in [2.75, 3.05) is 33.3 Å². The zero-order valence-corrected chi connectivity index (χ0v) is 14.9. The van der Waals surface area contributed by atoms with E-state index in [1.54, 1.807) is 30.3 Å². The number of hydrogen-bond donors (Lipinski definition) is 0. The van der Waals surface area contributed by atoms with Gasteiger partial charge in [0.1, 0.15) is 11.4 Å². The third-order valence-electron chi connectivity index (χ3n) is 4.53. The van der Waals surface area contributed by atoms with Crippen LogP contribution in [0.2, 0.25) is 0 Å². The number of methoxy groups -OCH3 is 1. The molecular formula is C20H23N3O3. The fraction of sp³-hybridized carbons (Fsp3) is 0.350. The highest BCUT2D eigenvalue weighted by atomic mass is 16.5. The first kappa shape index (κ1) is 17.9. The number of aromatic nitrogens is 1. The molecule has 1 aromatic heterocycles. The third kappa shape index (κ3) is 4.39. The number of nitrogens with zero attached hydrogens (tertiary/aromatic N) is 3. The van der Waals surface area contributed by atoms with Gasteiger partial charge >= 0.3 is 0 Å². The number of hydrogen-bond acceptors (Lipinski definition) is 4. The van der Waals surface area contributed by atoms with E-state index < -0.39 is 0 Å². The normalized spacial score (nSPS) is 14.7. The van der Waals surface area contributed by atoms with Gasteiger partial charge in [-0.25, -0.2) is 0 Å². The van der Waals surface area contributed by atoms with Crippen molar-refractivity contribution < 1.29 is 14.3 Å². The first-order chi connectivity index (χ1) is 12.7. The maximum absolute atomic E-state index is 12.6. The lowest BCUT2D eigenvalue weighted by Gasteiger charge is -2.22. The summed E-state index contributed by atoms with van der Waals surface area (Å²) in [6, 6.07) is 12.9. The van der Waals surface area contributed by atoms with Crippen LogP contribution in [0.25, 0.3) is 0 Å². The van der Waals surface area contributed by atoms with E-state index in [-0.39, 0.29) is 11.8 Å². The van der Waals surface area contributed by atoms with Crippen LogP contribution in [0.15, 0.2) is 48.7 Å². The zero-order chi connectivity index (χ0) is 18.4. The van der Waals surface area contributed by atoms with Crippen LogP contribution in [0, 0.1) is 0 Å². The maximum Gasteiger partial charge on any atom is 0.272 e. The Balaban J connectivity index is 1.57. The molecular weight excluding hydrogens is 330 g/mol. The number of carbonyl (C=O) groups is 2. The molecule has 1 aliphatic rings. The predicted molar refractivity (Wildman–Crippen MR) is 98.0 cm³/mol. The first-order valence-electron chi connectivity index (χ1n) is 8.78. The molecule has 6 nitrogen and oxygen atoms in total. The number of rotatable bonds is 4. The van der Waals surface area contributed by atoms with Crippen molar-refractivity contribution in [3.63, 3.8) is 0 Å². The molecule has 1 fully saturated rings. The van der Waals surface area contributed by atoms with Gasteiger partial charge in [-0.05, 0) is 36.2 Å². The van der Waals surface area contributed by atoms with Crippen molar-refractivity contribution >= 4 is 11.8 Å². The first-order valence-corrected chi connectivity index (χ1v) is 8.78. The van der Waals surface area contributed by atoms with E-state index in [0.717, 1.165) is 17.7 Å². The molecule has 0 saturated carbocycles. The van der Waals surface area contributed by atoms with Gasteiger partial charge in [0, 0.05) is 32.4 Å². The lowest BCUT2D eigenvalue weighted by molar-refractivity contribution is -0.130. The molecule has 1 aliphatic heterocycles. The van der Waals surface area contributed by atoms with Crippen molar-refractivity contribution in [2.24, 2.45) is 0 Å². The molecule has 0 unspecified atom stereocenters. The van der Waals surface area contributed by atoms with Gasteiger partial charge in [0.15, 0.2) is 0 Å². The van der Waals surface area contributed by atoms with Gasteiger partial charge in [-0.1, -0.05) is 18.2 Å². The Bertz CT molecular complexity index is 747. The van der Waals surface area contributed by atoms with Crippen LogP contribution in [0.3, 0.4) is 0 Å². The van der Waals surface area contributed by atoms with Crippen LogP contribution in [0.4, 0.5) is 0 Å². The second kappa shape index (κ2) is 8.47. The van der Waals surface area contributed by atoms with E-state index in [1.807, 2.05) is 35.2 Å². The summed E-state index contributed by atoms with van der Waals surface area (Å²) >= 11 is 0.